The van der Waals surface area contributed by atoms with E-state index in [2.05, 4.69) is 20.6 Å². The van der Waals surface area contributed by atoms with Crippen LogP contribution in [0.4, 0.5) is 27.4 Å². The maximum atomic E-state index is 13.3. The predicted octanol–water partition coefficient (Wildman–Crippen LogP) is 5.19. The average molecular weight is 408 g/mol. The topological polar surface area (TPSA) is 93.0 Å². The number of anilines is 3. The van der Waals surface area contributed by atoms with Crippen LogP contribution >= 0.6 is 23.2 Å². The van der Waals surface area contributed by atoms with Crippen molar-refractivity contribution in [1.29, 1.82) is 0 Å². The highest BCUT2D eigenvalue weighted by Gasteiger charge is 2.23. The second-order valence-electron chi connectivity index (χ2n) is 5.41. The van der Waals surface area contributed by atoms with Crippen LogP contribution < -0.4 is 10.6 Å². The molecular weight excluding hydrogens is 396 g/mol. The van der Waals surface area contributed by atoms with Crippen LogP contribution in [0.15, 0.2) is 48.8 Å². The first-order valence-corrected chi connectivity index (χ1v) is 8.39. The summed E-state index contributed by atoms with van der Waals surface area (Å²) in [5, 5.41) is 17.7. The van der Waals surface area contributed by atoms with E-state index in [0.717, 1.165) is 11.6 Å². The largest absolute Gasteiger partial charge is 0.360 e. The second-order valence-corrected chi connectivity index (χ2v) is 6.25. The standard InChI is InChI=1S/C17H12Cl2FN5O2/c18-11-3-1-10(2-4-11)8-21-16-15(25(26)27)17(23-9-22-16)24-12-5-6-14(20)13(19)7-12/h1-7,9H,8H2,(H2,21,22,23,24). The number of rotatable bonds is 6. The van der Waals surface area contributed by atoms with Crippen LogP contribution in [-0.2, 0) is 6.54 Å². The number of halogens is 3. The number of aromatic nitrogens is 2. The van der Waals surface area contributed by atoms with E-state index in [1.54, 1.807) is 24.3 Å². The zero-order chi connectivity index (χ0) is 19.4. The Morgan fingerprint density at radius 3 is 2.44 bits per heavy atom. The lowest BCUT2D eigenvalue weighted by atomic mass is 10.2. The first kappa shape index (κ1) is 18.8. The van der Waals surface area contributed by atoms with Crippen molar-refractivity contribution >= 4 is 46.2 Å². The lowest BCUT2D eigenvalue weighted by molar-refractivity contribution is -0.383. The highest BCUT2D eigenvalue weighted by atomic mass is 35.5. The zero-order valence-corrected chi connectivity index (χ0v) is 15.1. The van der Waals surface area contributed by atoms with Crippen molar-refractivity contribution in [3.05, 3.63) is 80.3 Å². The third-order valence-electron chi connectivity index (χ3n) is 3.56. The molecule has 2 N–H and O–H groups in total. The highest BCUT2D eigenvalue weighted by Crippen LogP contribution is 2.32. The minimum atomic E-state index is -0.600. The Hall–Kier alpha value is -2.97. The van der Waals surface area contributed by atoms with Gasteiger partial charge in [0, 0.05) is 17.3 Å². The van der Waals surface area contributed by atoms with Gasteiger partial charge in [-0.25, -0.2) is 14.4 Å². The van der Waals surface area contributed by atoms with Crippen LogP contribution in [0.25, 0.3) is 0 Å². The molecule has 138 valence electrons. The van der Waals surface area contributed by atoms with E-state index in [4.69, 9.17) is 23.2 Å². The number of nitrogens with zero attached hydrogens (tertiary/aromatic N) is 3. The number of benzene rings is 2. The maximum absolute atomic E-state index is 13.3. The van der Waals surface area contributed by atoms with Gasteiger partial charge < -0.3 is 10.6 Å². The molecule has 0 aliphatic heterocycles. The fraction of sp³-hybridized carbons (Fsp3) is 0.0588. The van der Waals surface area contributed by atoms with Crippen LogP contribution in [0, 0.1) is 15.9 Å². The fourth-order valence-corrected chi connectivity index (χ4v) is 2.58. The molecule has 1 aromatic heterocycles. The molecule has 0 saturated heterocycles. The minimum Gasteiger partial charge on any atom is -0.360 e. The number of nitrogens with one attached hydrogen (secondary N) is 2. The molecule has 1 heterocycles. The van der Waals surface area contributed by atoms with Gasteiger partial charge >= 0.3 is 5.69 Å². The summed E-state index contributed by atoms with van der Waals surface area (Å²) in [6.07, 6.45) is 1.19. The van der Waals surface area contributed by atoms with Gasteiger partial charge in [-0.05, 0) is 35.9 Å². The molecule has 27 heavy (non-hydrogen) atoms. The van der Waals surface area contributed by atoms with Crippen LogP contribution in [0.3, 0.4) is 0 Å². The molecule has 0 aliphatic rings. The van der Waals surface area contributed by atoms with Crippen molar-refractivity contribution in [2.45, 2.75) is 6.54 Å². The maximum Gasteiger partial charge on any atom is 0.353 e. The summed E-state index contributed by atoms with van der Waals surface area (Å²) in [5.74, 6) is -0.596. The van der Waals surface area contributed by atoms with Crippen molar-refractivity contribution < 1.29 is 9.31 Å². The van der Waals surface area contributed by atoms with Crippen molar-refractivity contribution in [3.63, 3.8) is 0 Å². The van der Waals surface area contributed by atoms with Gasteiger partial charge in [-0.2, -0.15) is 0 Å². The Morgan fingerprint density at radius 1 is 1.07 bits per heavy atom. The van der Waals surface area contributed by atoms with Crippen LogP contribution in [0.2, 0.25) is 10.0 Å². The molecule has 0 aliphatic carbocycles. The third kappa shape index (κ3) is 4.60. The van der Waals surface area contributed by atoms with Gasteiger partial charge in [-0.15, -0.1) is 0 Å². The summed E-state index contributed by atoms with van der Waals surface area (Å²) in [6.45, 7) is 0.302. The van der Waals surface area contributed by atoms with Crippen molar-refractivity contribution in [2.24, 2.45) is 0 Å². The summed E-state index contributed by atoms with van der Waals surface area (Å²) < 4.78 is 13.3. The zero-order valence-electron chi connectivity index (χ0n) is 13.6. The molecule has 3 rings (SSSR count). The van der Waals surface area contributed by atoms with Crippen LogP contribution in [0.5, 0.6) is 0 Å². The van der Waals surface area contributed by atoms with Gasteiger partial charge in [0.1, 0.15) is 12.1 Å². The molecule has 2 aromatic carbocycles. The second kappa shape index (κ2) is 8.15. The normalized spacial score (nSPS) is 10.5. The molecule has 0 atom stereocenters. The molecule has 3 aromatic rings. The molecule has 0 spiro atoms. The van der Waals surface area contributed by atoms with Crippen molar-refractivity contribution in [2.75, 3.05) is 10.6 Å². The quantitative estimate of drug-likeness (QED) is 0.431. The number of hydrogen-bond acceptors (Lipinski definition) is 6. The predicted molar refractivity (Wildman–Crippen MR) is 102 cm³/mol. The minimum absolute atomic E-state index is 0.0423. The Kier molecular flexibility index (Phi) is 5.68. The van der Waals surface area contributed by atoms with Gasteiger partial charge in [-0.1, -0.05) is 35.3 Å². The Bertz CT molecular complexity index is 986. The first-order chi connectivity index (χ1) is 12.9. The highest BCUT2D eigenvalue weighted by molar-refractivity contribution is 6.31. The lowest BCUT2D eigenvalue weighted by Crippen LogP contribution is -2.08. The fourth-order valence-electron chi connectivity index (χ4n) is 2.27. The molecule has 0 amide bonds. The summed E-state index contributed by atoms with van der Waals surface area (Å²) in [6, 6.07) is 10.9. The van der Waals surface area contributed by atoms with E-state index in [0.29, 0.717) is 17.3 Å². The summed E-state index contributed by atoms with van der Waals surface area (Å²) >= 11 is 11.6. The van der Waals surface area contributed by atoms with Gasteiger partial charge in [0.15, 0.2) is 0 Å². The Balaban J connectivity index is 1.86. The van der Waals surface area contributed by atoms with E-state index in [1.807, 2.05) is 0 Å². The SMILES string of the molecule is O=[N+]([O-])c1c(NCc2ccc(Cl)cc2)ncnc1Nc1ccc(F)c(Cl)c1. The van der Waals surface area contributed by atoms with Crippen molar-refractivity contribution in [3.8, 4) is 0 Å². The van der Waals surface area contributed by atoms with Crippen LogP contribution in [0.1, 0.15) is 5.56 Å². The first-order valence-electron chi connectivity index (χ1n) is 7.64. The number of nitro groups is 1. The average Bonchev–Trinajstić information content (AvgIpc) is 2.64. The van der Waals surface area contributed by atoms with Gasteiger partial charge in [0.2, 0.25) is 11.6 Å². The molecule has 0 bridgehead atoms. The third-order valence-corrected chi connectivity index (χ3v) is 4.10. The van der Waals surface area contributed by atoms with Crippen molar-refractivity contribution in [1.82, 2.24) is 9.97 Å². The van der Waals surface area contributed by atoms with E-state index < -0.39 is 10.7 Å². The lowest BCUT2D eigenvalue weighted by Gasteiger charge is -2.10. The monoisotopic (exact) mass is 407 g/mol. The molecule has 0 fully saturated rings. The summed E-state index contributed by atoms with van der Waals surface area (Å²) in [7, 11) is 0. The molecule has 0 unspecified atom stereocenters. The van der Waals surface area contributed by atoms with Gasteiger partial charge in [-0.3, -0.25) is 10.1 Å². The van der Waals surface area contributed by atoms with Gasteiger partial charge in [0.05, 0.1) is 9.95 Å². The molecule has 10 heteroatoms. The Labute approximate surface area is 163 Å². The van der Waals surface area contributed by atoms with E-state index in [-0.39, 0.29) is 22.3 Å². The molecule has 0 radical (unpaired) electrons. The van der Waals surface area contributed by atoms with E-state index in [1.165, 1.54) is 18.5 Å². The van der Waals surface area contributed by atoms with E-state index in [9.17, 15) is 14.5 Å². The van der Waals surface area contributed by atoms with E-state index >= 15 is 0 Å². The molecule has 0 saturated carbocycles. The molecule has 7 nitrogen and oxygen atoms in total. The summed E-state index contributed by atoms with van der Waals surface area (Å²) in [4.78, 5) is 18.8. The molecular formula is C17H12Cl2FN5O2. The Morgan fingerprint density at radius 2 is 1.78 bits per heavy atom. The summed E-state index contributed by atoms with van der Waals surface area (Å²) in [5.41, 5.74) is 0.880. The smallest absolute Gasteiger partial charge is 0.353 e. The number of hydrogen-bond donors (Lipinski definition) is 2. The van der Waals surface area contributed by atoms with Crippen LogP contribution in [-0.4, -0.2) is 14.9 Å². The van der Waals surface area contributed by atoms with Gasteiger partial charge in [0.25, 0.3) is 0 Å².